The molecule has 18 nitrogen and oxygen atoms in total. The van der Waals surface area contributed by atoms with E-state index in [1.54, 1.807) is 41.5 Å². The number of rotatable bonds is 78. The Bertz CT molecular complexity index is 2040. The average molecular weight is 1930 g/mol. The van der Waals surface area contributed by atoms with Gasteiger partial charge in [-0.3, -0.25) is 0 Å². The standard InChI is InChI=1S/6C16H35O3P.Mo/c6*1-5-8-10-11-12-15(4)20(17,18)19-14-16(7-3)13-9-6-2;/h6*15-16H,5-14H2,1-4H3,(H,17,18);/q;;;;;;+6/p-6. The fourth-order valence-electron chi connectivity index (χ4n) is 13.6. The van der Waals surface area contributed by atoms with Crippen molar-refractivity contribution < 1.29 is 105 Å². The minimum atomic E-state index is -3.68. The molecule has 25 heteroatoms. The minimum Gasteiger partial charge on any atom is -0.778 e. The quantitative estimate of drug-likeness (QED) is 0.0310. The van der Waals surface area contributed by atoms with Gasteiger partial charge < -0.3 is 83.9 Å². The Morgan fingerprint density at radius 3 is 0.372 bits per heavy atom. The van der Waals surface area contributed by atoms with Crippen LogP contribution in [0.1, 0.15) is 513 Å². The molecule has 121 heavy (non-hydrogen) atoms. The number of hydrogen-bond donors (Lipinski definition) is 0. The first kappa shape index (κ1) is 136. The van der Waals surface area contributed by atoms with Crippen LogP contribution in [0.5, 0.6) is 0 Å². The Labute approximate surface area is 767 Å². The van der Waals surface area contributed by atoms with Gasteiger partial charge in [0.05, 0.1) is 39.6 Å². The SMILES string of the molecule is CCCCCCC(C)P(=O)([O-])OCC(CC)CCCC.CCCCCCC(C)P(=O)([O-])OCC(CC)CCCC.CCCCCCC(C)P(=O)([O-])OCC(CC)CCCC.CCCCCCC(C)P(=O)([O-])OCC(CC)CCCC.CCCCCCC(C)P(=O)([O-])OCC(CC)CCCC.CCCCCCC(C)P(=O)([O-])OCC(CC)CCCC.[Mo+6]. The van der Waals surface area contributed by atoms with E-state index >= 15 is 0 Å². The van der Waals surface area contributed by atoms with E-state index in [1.165, 1.54) is 77.0 Å². The summed E-state index contributed by atoms with van der Waals surface area (Å²) in [6, 6.07) is 0. The Morgan fingerprint density at radius 1 is 0.174 bits per heavy atom. The molecule has 0 N–H and O–H groups in total. The van der Waals surface area contributed by atoms with Gasteiger partial charge in [0, 0.05) is 34.0 Å². The normalized spacial score (nSPS) is 17.5. The number of unbranched alkanes of at least 4 members (excludes halogenated alkanes) is 24. The maximum atomic E-state index is 12.1. The molecule has 0 amide bonds. The van der Waals surface area contributed by atoms with Crippen molar-refractivity contribution in [2.45, 2.75) is 547 Å². The number of hydrogen-bond acceptors (Lipinski definition) is 18. The Kier molecular flexibility index (Phi) is 102. The topological polar surface area (TPSA) is 296 Å². The monoisotopic (exact) mass is 1930 g/mol. The van der Waals surface area contributed by atoms with Gasteiger partial charge in [0.25, 0.3) is 0 Å². The average Bonchev–Trinajstić information content (AvgIpc) is 0.914. The molecule has 0 saturated carbocycles. The van der Waals surface area contributed by atoms with Crippen molar-refractivity contribution in [3.8, 4) is 0 Å². The molecular weight excluding hydrogens is 1720 g/mol. The van der Waals surface area contributed by atoms with Crippen molar-refractivity contribution in [3.63, 3.8) is 0 Å². The van der Waals surface area contributed by atoms with Gasteiger partial charge in [0.1, 0.15) is 45.6 Å². The summed E-state index contributed by atoms with van der Waals surface area (Å²) in [5.74, 6) is 2.28. The largest absolute Gasteiger partial charge is 6.00 e. The Hall–Kier alpha value is 1.59. The van der Waals surface area contributed by atoms with Crippen LogP contribution in [0.2, 0.25) is 0 Å². The van der Waals surface area contributed by atoms with Gasteiger partial charge in [0.2, 0.25) is 0 Å². The molecule has 0 bridgehead atoms. The van der Waals surface area contributed by atoms with Crippen LogP contribution >= 0.6 is 45.6 Å². The van der Waals surface area contributed by atoms with Crippen LogP contribution in [0.25, 0.3) is 0 Å². The molecule has 0 aromatic heterocycles. The first-order valence-corrected chi connectivity index (χ1v) is 60.2. The van der Waals surface area contributed by atoms with E-state index < -0.39 is 45.6 Å². The van der Waals surface area contributed by atoms with Crippen molar-refractivity contribution in [1.29, 1.82) is 0 Å². The molecule has 18 atom stereocenters. The van der Waals surface area contributed by atoms with Crippen molar-refractivity contribution in [3.05, 3.63) is 0 Å². The van der Waals surface area contributed by atoms with Gasteiger partial charge in [-0.15, -0.1) is 0 Å². The van der Waals surface area contributed by atoms with Crippen LogP contribution in [0, 0.1) is 35.5 Å². The second-order valence-corrected chi connectivity index (χ2v) is 49.0. The fraction of sp³-hybridized carbons (Fsp3) is 1.00. The molecule has 0 saturated heterocycles. The van der Waals surface area contributed by atoms with Crippen molar-refractivity contribution >= 4 is 45.6 Å². The minimum absolute atomic E-state index is 0. The zero-order chi connectivity index (χ0) is 92.6. The van der Waals surface area contributed by atoms with E-state index in [2.05, 4.69) is 125 Å². The first-order valence-electron chi connectivity index (χ1n) is 50.6. The molecule has 0 aromatic carbocycles. The van der Waals surface area contributed by atoms with E-state index in [0.717, 1.165) is 270 Å². The summed E-state index contributed by atoms with van der Waals surface area (Å²) >= 11 is 0. The predicted molar refractivity (Wildman–Crippen MR) is 511 cm³/mol. The molecule has 0 aliphatic heterocycles. The van der Waals surface area contributed by atoms with Gasteiger partial charge in [0.15, 0.2) is 0 Å². The second kappa shape index (κ2) is 90.7. The molecular formula is C96H204MoO18P6. The molecule has 732 valence electrons. The Balaban J connectivity index is -0.000000257. The summed E-state index contributed by atoms with van der Waals surface area (Å²) in [7, 11) is -22.1. The smallest absolute Gasteiger partial charge is 0.778 e. The van der Waals surface area contributed by atoms with Gasteiger partial charge in [-0.1, -0.05) is 436 Å². The second-order valence-electron chi connectivity index (χ2n) is 35.7. The fourth-order valence-corrected chi connectivity index (χ4v) is 20.6. The van der Waals surface area contributed by atoms with Crippen LogP contribution < -0.4 is 29.4 Å². The van der Waals surface area contributed by atoms with Gasteiger partial charge in [-0.05, 0) is 113 Å². The van der Waals surface area contributed by atoms with Gasteiger partial charge in [-0.25, -0.2) is 0 Å². The molecule has 0 aliphatic rings. The molecule has 0 rings (SSSR count). The summed E-state index contributed by atoms with van der Waals surface area (Å²) < 4.78 is 104. The van der Waals surface area contributed by atoms with E-state index in [1.807, 2.05) is 0 Å². The van der Waals surface area contributed by atoms with Crippen molar-refractivity contribution in [1.82, 2.24) is 0 Å². The van der Waals surface area contributed by atoms with E-state index in [-0.39, 0.29) is 55.0 Å². The molecule has 18 unspecified atom stereocenters. The molecule has 0 radical (unpaired) electrons. The third-order valence-corrected chi connectivity index (χ3v) is 35.4. The summed E-state index contributed by atoms with van der Waals surface area (Å²) in [4.78, 5) is 72.6. The maximum absolute atomic E-state index is 12.1. The summed E-state index contributed by atoms with van der Waals surface area (Å²) in [6.45, 7) is 51.5. The van der Waals surface area contributed by atoms with Crippen LogP contribution in [0.3, 0.4) is 0 Å². The van der Waals surface area contributed by atoms with Crippen LogP contribution in [0.15, 0.2) is 0 Å². The third kappa shape index (κ3) is 82.0. The van der Waals surface area contributed by atoms with Crippen LogP contribution in [0.4, 0.5) is 0 Å². The predicted octanol–water partition coefficient (Wildman–Crippen LogP) is 30.8. The van der Waals surface area contributed by atoms with Crippen molar-refractivity contribution in [2.24, 2.45) is 35.5 Å². The summed E-state index contributed by atoms with van der Waals surface area (Å²) in [5.41, 5.74) is -2.07. The third-order valence-electron chi connectivity index (χ3n) is 24.3. The molecule has 0 aliphatic carbocycles. The summed E-state index contributed by atoms with van der Waals surface area (Å²) in [5, 5.41) is 0. The van der Waals surface area contributed by atoms with E-state index in [0.29, 0.717) is 75.1 Å². The van der Waals surface area contributed by atoms with Gasteiger partial charge >= 0.3 is 21.1 Å². The van der Waals surface area contributed by atoms with Gasteiger partial charge in [-0.2, -0.15) is 0 Å². The van der Waals surface area contributed by atoms with E-state index in [9.17, 15) is 56.8 Å². The molecule has 0 aromatic rings. The van der Waals surface area contributed by atoms with Crippen molar-refractivity contribution in [2.75, 3.05) is 39.6 Å². The van der Waals surface area contributed by atoms with E-state index in [4.69, 9.17) is 27.1 Å². The molecule has 0 fully saturated rings. The summed E-state index contributed by atoms with van der Waals surface area (Å²) in [6.07, 6.45) is 57.3. The first-order chi connectivity index (χ1) is 56.8. The molecule has 0 heterocycles. The zero-order valence-electron chi connectivity index (χ0n) is 83.8. The van der Waals surface area contributed by atoms with Crippen LogP contribution in [-0.2, 0) is 75.6 Å². The molecule has 0 spiro atoms. The Morgan fingerprint density at radius 2 is 0.281 bits per heavy atom. The van der Waals surface area contributed by atoms with Crippen LogP contribution in [-0.4, -0.2) is 73.6 Å². The maximum Gasteiger partial charge on any atom is 6.00 e. The zero-order valence-corrected chi connectivity index (χ0v) is 91.2.